The number of aliphatic hydroxyl groups is 1. The van der Waals surface area contributed by atoms with Crippen molar-refractivity contribution in [1.29, 1.82) is 0 Å². The quantitative estimate of drug-likeness (QED) is 0.664. The van der Waals surface area contributed by atoms with E-state index in [1.165, 1.54) is 17.0 Å². The zero-order valence-corrected chi connectivity index (χ0v) is 17.5. The molecule has 1 heterocycles. The fourth-order valence-electron chi connectivity index (χ4n) is 3.95. The summed E-state index contributed by atoms with van der Waals surface area (Å²) in [4.78, 5) is 14.5. The van der Waals surface area contributed by atoms with E-state index in [1.807, 2.05) is 31.2 Å². The van der Waals surface area contributed by atoms with Crippen molar-refractivity contribution in [3.05, 3.63) is 71.7 Å². The lowest BCUT2D eigenvalue weighted by Gasteiger charge is -2.39. The fraction of sp³-hybridized carbons (Fsp3) is 0.333. The minimum Gasteiger partial charge on any atom is -0.488 e. The topological polar surface area (TPSA) is 75.8 Å². The van der Waals surface area contributed by atoms with Crippen LogP contribution in [0.1, 0.15) is 35.3 Å². The molecule has 0 saturated heterocycles. The van der Waals surface area contributed by atoms with Gasteiger partial charge in [-0.1, -0.05) is 41.1 Å². The van der Waals surface area contributed by atoms with E-state index >= 15 is 0 Å². The van der Waals surface area contributed by atoms with Crippen LogP contribution in [0.25, 0.3) is 11.3 Å². The standard InChI is InChI=1S/C24H25FN2O4/c1-15-9-11-16(12-10-15)22-14-19(26-31-22)24(29)27(2)20-7-4-8-21(23(20)28)30-18-6-3-5-17(25)13-18/h3,5-6,9-14,20-21,23,28H,4,7-8H2,1-2H3/t20-,21-,23-/m1/s1. The Balaban J connectivity index is 1.46. The number of ether oxygens (including phenoxy) is 1. The molecule has 0 unspecified atom stereocenters. The molecule has 3 atom stereocenters. The maximum absolute atomic E-state index is 13.5. The van der Waals surface area contributed by atoms with Crippen LogP contribution in [0.4, 0.5) is 4.39 Å². The predicted octanol–water partition coefficient (Wildman–Crippen LogP) is 4.22. The van der Waals surface area contributed by atoms with Crippen LogP contribution in [-0.4, -0.2) is 46.4 Å². The zero-order chi connectivity index (χ0) is 22.0. The van der Waals surface area contributed by atoms with Crippen molar-refractivity contribution in [2.45, 2.75) is 44.4 Å². The van der Waals surface area contributed by atoms with Gasteiger partial charge in [0.15, 0.2) is 11.5 Å². The van der Waals surface area contributed by atoms with Gasteiger partial charge in [-0.25, -0.2) is 4.39 Å². The summed E-state index contributed by atoms with van der Waals surface area (Å²) in [5.74, 6) is 0.130. The van der Waals surface area contributed by atoms with E-state index in [0.29, 0.717) is 24.4 Å². The molecule has 0 spiro atoms. The van der Waals surface area contributed by atoms with Crippen LogP contribution < -0.4 is 4.74 Å². The highest BCUT2D eigenvalue weighted by Crippen LogP contribution is 2.29. The number of amides is 1. The van der Waals surface area contributed by atoms with Crippen LogP contribution in [0.5, 0.6) is 5.75 Å². The average molecular weight is 424 g/mol. The number of likely N-dealkylation sites (N-methyl/N-ethyl adjacent to an activating group) is 1. The Morgan fingerprint density at radius 1 is 1.19 bits per heavy atom. The first kappa shape index (κ1) is 21.1. The number of hydrogen-bond donors (Lipinski definition) is 1. The fourth-order valence-corrected chi connectivity index (χ4v) is 3.95. The Bertz CT molecular complexity index is 1050. The number of hydrogen-bond acceptors (Lipinski definition) is 5. The maximum Gasteiger partial charge on any atom is 0.276 e. The van der Waals surface area contributed by atoms with Crippen molar-refractivity contribution < 1.29 is 23.6 Å². The van der Waals surface area contributed by atoms with Crippen LogP contribution in [-0.2, 0) is 0 Å². The number of halogens is 1. The number of aromatic nitrogens is 1. The molecule has 1 fully saturated rings. The van der Waals surface area contributed by atoms with Gasteiger partial charge in [-0.2, -0.15) is 0 Å². The molecule has 7 heteroatoms. The lowest BCUT2D eigenvalue weighted by Crippen LogP contribution is -2.53. The average Bonchev–Trinajstić information content (AvgIpc) is 3.25. The van der Waals surface area contributed by atoms with Gasteiger partial charge in [0.25, 0.3) is 5.91 Å². The van der Waals surface area contributed by atoms with Gasteiger partial charge in [0, 0.05) is 24.7 Å². The Kier molecular flexibility index (Phi) is 6.04. The van der Waals surface area contributed by atoms with E-state index in [1.54, 1.807) is 25.2 Å². The number of aliphatic hydroxyl groups excluding tert-OH is 1. The highest BCUT2D eigenvalue weighted by atomic mass is 19.1. The number of carbonyl (C=O) groups excluding carboxylic acids is 1. The van der Waals surface area contributed by atoms with Crippen LogP contribution >= 0.6 is 0 Å². The van der Waals surface area contributed by atoms with Gasteiger partial charge >= 0.3 is 0 Å². The van der Waals surface area contributed by atoms with Gasteiger partial charge in [0.2, 0.25) is 0 Å². The molecule has 1 N–H and O–H groups in total. The summed E-state index contributed by atoms with van der Waals surface area (Å²) in [6.07, 6.45) is 0.588. The second-order valence-corrected chi connectivity index (χ2v) is 7.96. The minimum atomic E-state index is -0.908. The van der Waals surface area contributed by atoms with Gasteiger partial charge in [0.05, 0.1) is 6.04 Å². The van der Waals surface area contributed by atoms with Crippen molar-refractivity contribution >= 4 is 5.91 Å². The maximum atomic E-state index is 13.5. The predicted molar refractivity (Wildman–Crippen MR) is 113 cm³/mol. The van der Waals surface area contributed by atoms with Crippen LogP contribution in [0.15, 0.2) is 59.1 Å². The van der Waals surface area contributed by atoms with Gasteiger partial charge in [-0.3, -0.25) is 4.79 Å². The van der Waals surface area contributed by atoms with Crippen LogP contribution in [0.3, 0.4) is 0 Å². The summed E-state index contributed by atoms with van der Waals surface area (Å²) in [6.45, 7) is 1.99. The summed E-state index contributed by atoms with van der Waals surface area (Å²) < 4.78 is 24.6. The summed E-state index contributed by atoms with van der Waals surface area (Å²) in [5, 5.41) is 14.8. The van der Waals surface area contributed by atoms with Gasteiger partial charge in [0.1, 0.15) is 23.8 Å². The molecule has 1 aliphatic carbocycles. The van der Waals surface area contributed by atoms with Crippen molar-refractivity contribution in [3.63, 3.8) is 0 Å². The molecule has 1 aromatic heterocycles. The van der Waals surface area contributed by atoms with Crippen molar-refractivity contribution in [2.75, 3.05) is 7.05 Å². The summed E-state index contributed by atoms with van der Waals surface area (Å²) in [7, 11) is 1.64. The molecule has 1 saturated carbocycles. The Morgan fingerprint density at radius 3 is 2.71 bits per heavy atom. The zero-order valence-electron chi connectivity index (χ0n) is 17.5. The molecule has 1 amide bonds. The van der Waals surface area contributed by atoms with Crippen molar-refractivity contribution in [3.8, 4) is 17.1 Å². The third-order valence-electron chi connectivity index (χ3n) is 5.73. The first-order valence-electron chi connectivity index (χ1n) is 10.3. The van der Waals surface area contributed by atoms with E-state index in [0.717, 1.165) is 17.5 Å². The molecule has 0 aliphatic heterocycles. The normalized spacial score (nSPS) is 21.0. The van der Waals surface area contributed by atoms with E-state index < -0.39 is 24.1 Å². The van der Waals surface area contributed by atoms with E-state index in [2.05, 4.69) is 5.16 Å². The van der Waals surface area contributed by atoms with Gasteiger partial charge < -0.3 is 19.3 Å². The van der Waals surface area contributed by atoms with Crippen LogP contribution in [0.2, 0.25) is 0 Å². The molecular weight excluding hydrogens is 399 g/mol. The second-order valence-electron chi connectivity index (χ2n) is 7.96. The summed E-state index contributed by atoms with van der Waals surface area (Å²) in [5.41, 5.74) is 2.14. The summed E-state index contributed by atoms with van der Waals surface area (Å²) >= 11 is 0. The lowest BCUT2D eigenvalue weighted by molar-refractivity contribution is -0.0415. The largest absolute Gasteiger partial charge is 0.488 e. The highest BCUT2D eigenvalue weighted by Gasteiger charge is 2.38. The minimum absolute atomic E-state index is 0.179. The Morgan fingerprint density at radius 2 is 1.97 bits per heavy atom. The SMILES string of the molecule is Cc1ccc(-c2cc(C(=O)N(C)[C@@H]3CCC[C@@H](Oc4cccc(F)c4)[C@@H]3O)no2)cc1. The Hall–Kier alpha value is -3.19. The lowest BCUT2D eigenvalue weighted by atomic mass is 9.88. The van der Waals surface area contributed by atoms with Crippen LogP contribution in [0, 0.1) is 12.7 Å². The first-order valence-corrected chi connectivity index (χ1v) is 10.3. The Labute approximate surface area is 180 Å². The molecular formula is C24H25FN2O4. The van der Waals surface area contributed by atoms with Crippen molar-refractivity contribution in [2.24, 2.45) is 0 Å². The molecule has 31 heavy (non-hydrogen) atoms. The van der Waals surface area contributed by atoms with E-state index in [4.69, 9.17) is 9.26 Å². The number of aryl methyl sites for hydroxylation is 1. The number of nitrogens with zero attached hydrogens (tertiary/aromatic N) is 2. The smallest absolute Gasteiger partial charge is 0.276 e. The molecule has 162 valence electrons. The monoisotopic (exact) mass is 424 g/mol. The number of carbonyl (C=O) groups is 1. The molecule has 2 aromatic carbocycles. The molecule has 0 bridgehead atoms. The second kappa shape index (κ2) is 8.89. The third-order valence-corrected chi connectivity index (χ3v) is 5.73. The van der Waals surface area contributed by atoms with Crippen molar-refractivity contribution in [1.82, 2.24) is 10.1 Å². The molecule has 3 aromatic rings. The van der Waals surface area contributed by atoms with E-state index in [9.17, 15) is 14.3 Å². The molecule has 6 nitrogen and oxygen atoms in total. The highest BCUT2D eigenvalue weighted by molar-refractivity contribution is 5.93. The van der Waals surface area contributed by atoms with E-state index in [-0.39, 0.29) is 11.6 Å². The number of rotatable bonds is 5. The van der Waals surface area contributed by atoms with Gasteiger partial charge in [-0.05, 0) is 38.3 Å². The third kappa shape index (κ3) is 4.61. The van der Waals surface area contributed by atoms with Gasteiger partial charge in [-0.15, -0.1) is 0 Å². The number of benzene rings is 2. The molecule has 1 aliphatic rings. The first-order chi connectivity index (χ1) is 14.9. The molecule has 0 radical (unpaired) electrons. The summed E-state index contributed by atoms with van der Waals surface area (Å²) in [6, 6.07) is 14.7. The molecule has 4 rings (SSSR count).